The van der Waals surface area contributed by atoms with Crippen LogP contribution in [-0.4, -0.2) is 56.3 Å². The van der Waals surface area contributed by atoms with E-state index in [1.165, 1.54) is 13.1 Å². The van der Waals surface area contributed by atoms with Gasteiger partial charge in [-0.3, -0.25) is 0 Å². The first-order valence-electron chi connectivity index (χ1n) is 6.55. The molecule has 18 heavy (non-hydrogen) atoms. The van der Waals surface area contributed by atoms with Crippen molar-refractivity contribution in [2.75, 3.05) is 51.7 Å². The van der Waals surface area contributed by atoms with Gasteiger partial charge in [-0.25, -0.2) is 4.98 Å². The van der Waals surface area contributed by atoms with Crippen molar-refractivity contribution in [2.45, 2.75) is 6.42 Å². The number of hydrogen-bond donors (Lipinski definition) is 2. The van der Waals surface area contributed by atoms with Gasteiger partial charge in [-0.1, -0.05) is 0 Å². The lowest BCUT2D eigenvalue weighted by atomic mass is 10.3. The molecule has 2 rings (SSSR count). The third-order valence-electron chi connectivity index (χ3n) is 3.13. The molecule has 0 radical (unpaired) electrons. The van der Waals surface area contributed by atoms with E-state index in [1.54, 1.807) is 13.3 Å². The largest absolute Gasteiger partial charge is 0.481 e. The van der Waals surface area contributed by atoms with E-state index in [0.29, 0.717) is 5.88 Å². The van der Waals surface area contributed by atoms with E-state index in [2.05, 4.69) is 20.5 Å². The van der Waals surface area contributed by atoms with Crippen molar-refractivity contribution in [3.63, 3.8) is 0 Å². The molecule has 0 saturated carbocycles. The first-order chi connectivity index (χ1) is 8.88. The van der Waals surface area contributed by atoms with E-state index in [-0.39, 0.29) is 0 Å². The maximum Gasteiger partial charge on any atom is 0.214 e. The third-order valence-corrected chi connectivity index (χ3v) is 3.13. The summed E-state index contributed by atoms with van der Waals surface area (Å²) in [5.41, 5.74) is 1.07. The molecule has 0 atom stereocenters. The maximum atomic E-state index is 5.09. The Balaban J connectivity index is 1.65. The van der Waals surface area contributed by atoms with E-state index in [1.807, 2.05) is 12.1 Å². The predicted molar refractivity (Wildman–Crippen MR) is 73.2 cm³/mol. The predicted octanol–water partition coefficient (Wildman–Crippen LogP) is 0.797. The SMILES string of the molecule is COc1cc(NCCCN2CCNCC2)ccn1. The lowest BCUT2D eigenvalue weighted by Gasteiger charge is -2.27. The minimum Gasteiger partial charge on any atom is -0.481 e. The minimum atomic E-state index is 0.655. The van der Waals surface area contributed by atoms with Crippen LogP contribution in [-0.2, 0) is 0 Å². The summed E-state index contributed by atoms with van der Waals surface area (Å²) in [4.78, 5) is 6.59. The lowest BCUT2D eigenvalue weighted by molar-refractivity contribution is 0.240. The molecule has 0 spiro atoms. The number of hydrogen-bond acceptors (Lipinski definition) is 5. The molecule has 5 nitrogen and oxygen atoms in total. The first kappa shape index (κ1) is 13.1. The van der Waals surface area contributed by atoms with Crippen molar-refractivity contribution in [2.24, 2.45) is 0 Å². The van der Waals surface area contributed by atoms with Crippen molar-refractivity contribution in [1.82, 2.24) is 15.2 Å². The Kier molecular flexibility index (Phi) is 5.23. The highest BCUT2D eigenvalue weighted by molar-refractivity contribution is 5.44. The standard InChI is InChI=1S/C13H22N4O/c1-18-13-11-12(3-5-16-13)15-4-2-8-17-9-6-14-7-10-17/h3,5,11,14H,2,4,6-10H2,1H3,(H,15,16). The molecular weight excluding hydrogens is 228 g/mol. The monoisotopic (exact) mass is 250 g/mol. The van der Waals surface area contributed by atoms with Gasteiger partial charge in [0.1, 0.15) is 0 Å². The summed E-state index contributed by atoms with van der Waals surface area (Å²) in [6.07, 6.45) is 2.92. The van der Waals surface area contributed by atoms with Gasteiger partial charge in [0.05, 0.1) is 7.11 Å². The number of methoxy groups -OCH3 is 1. The van der Waals surface area contributed by atoms with Crippen LogP contribution in [0.5, 0.6) is 5.88 Å². The van der Waals surface area contributed by atoms with E-state index in [4.69, 9.17) is 4.74 Å². The second kappa shape index (κ2) is 7.18. The van der Waals surface area contributed by atoms with Crippen LogP contribution in [0.15, 0.2) is 18.3 Å². The van der Waals surface area contributed by atoms with Crippen LogP contribution >= 0.6 is 0 Å². The molecule has 1 aliphatic heterocycles. The van der Waals surface area contributed by atoms with Crippen molar-refractivity contribution < 1.29 is 4.74 Å². The van der Waals surface area contributed by atoms with E-state index in [0.717, 1.165) is 38.3 Å². The fourth-order valence-corrected chi connectivity index (χ4v) is 2.10. The molecule has 100 valence electrons. The Bertz CT molecular complexity index is 353. The molecule has 1 fully saturated rings. The number of rotatable bonds is 6. The summed E-state index contributed by atoms with van der Waals surface area (Å²) in [7, 11) is 1.64. The first-order valence-corrected chi connectivity index (χ1v) is 6.55. The highest BCUT2D eigenvalue weighted by Gasteiger charge is 2.08. The number of nitrogens with one attached hydrogen (secondary N) is 2. The highest BCUT2D eigenvalue weighted by atomic mass is 16.5. The molecule has 1 aromatic heterocycles. The number of ether oxygens (including phenoxy) is 1. The molecule has 0 aromatic carbocycles. The van der Waals surface area contributed by atoms with E-state index < -0.39 is 0 Å². The Morgan fingerprint density at radius 2 is 2.28 bits per heavy atom. The van der Waals surface area contributed by atoms with Gasteiger partial charge < -0.3 is 20.3 Å². The van der Waals surface area contributed by atoms with Gasteiger partial charge in [-0.2, -0.15) is 0 Å². The average Bonchev–Trinajstić information content (AvgIpc) is 2.45. The number of aromatic nitrogens is 1. The Hall–Kier alpha value is -1.33. The van der Waals surface area contributed by atoms with Gasteiger partial charge in [0.2, 0.25) is 5.88 Å². The molecule has 0 unspecified atom stereocenters. The molecule has 0 bridgehead atoms. The molecule has 1 aliphatic rings. The number of pyridine rings is 1. The number of anilines is 1. The maximum absolute atomic E-state index is 5.09. The fourth-order valence-electron chi connectivity index (χ4n) is 2.10. The molecule has 1 aromatic rings. The molecule has 2 N–H and O–H groups in total. The Morgan fingerprint density at radius 3 is 3.06 bits per heavy atom. The Labute approximate surface area is 109 Å². The number of piperazine rings is 1. The van der Waals surface area contributed by atoms with Crippen molar-refractivity contribution >= 4 is 5.69 Å². The zero-order chi connectivity index (χ0) is 12.6. The second-order valence-corrected chi connectivity index (χ2v) is 4.46. The molecule has 1 saturated heterocycles. The highest BCUT2D eigenvalue weighted by Crippen LogP contribution is 2.13. The molecule has 0 amide bonds. The zero-order valence-electron chi connectivity index (χ0n) is 11.0. The van der Waals surface area contributed by atoms with Gasteiger partial charge in [0, 0.05) is 50.7 Å². The molecule has 0 aliphatic carbocycles. The quantitative estimate of drug-likeness (QED) is 0.731. The van der Waals surface area contributed by atoms with Crippen LogP contribution in [0.2, 0.25) is 0 Å². The number of nitrogens with zero attached hydrogens (tertiary/aromatic N) is 2. The fraction of sp³-hybridized carbons (Fsp3) is 0.615. The smallest absolute Gasteiger partial charge is 0.214 e. The second-order valence-electron chi connectivity index (χ2n) is 4.46. The summed E-state index contributed by atoms with van der Waals surface area (Å²) in [5, 5.41) is 6.76. The summed E-state index contributed by atoms with van der Waals surface area (Å²) in [5.74, 6) is 0.655. The minimum absolute atomic E-state index is 0.655. The topological polar surface area (TPSA) is 49.4 Å². The summed E-state index contributed by atoms with van der Waals surface area (Å²) in [6, 6.07) is 3.89. The third kappa shape index (κ3) is 4.16. The summed E-state index contributed by atoms with van der Waals surface area (Å²) >= 11 is 0. The van der Waals surface area contributed by atoms with Crippen LogP contribution < -0.4 is 15.4 Å². The van der Waals surface area contributed by atoms with Gasteiger partial charge in [-0.15, -0.1) is 0 Å². The summed E-state index contributed by atoms with van der Waals surface area (Å²) < 4.78 is 5.09. The van der Waals surface area contributed by atoms with Crippen LogP contribution in [0.3, 0.4) is 0 Å². The van der Waals surface area contributed by atoms with Crippen LogP contribution in [0, 0.1) is 0 Å². The van der Waals surface area contributed by atoms with Crippen molar-refractivity contribution in [3.8, 4) is 5.88 Å². The molecule has 5 heteroatoms. The zero-order valence-corrected chi connectivity index (χ0v) is 11.0. The van der Waals surface area contributed by atoms with Gasteiger partial charge in [0.25, 0.3) is 0 Å². The van der Waals surface area contributed by atoms with Gasteiger partial charge in [0.15, 0.2) is 0 Å². The molecular formula is C13H22N4O. The van der Waals surface area contributed by atoms with Gasteiger partial charge >= 0.3 is 0 Å². The Morgan fingerprint density at radius 1 is 1.44 bits per heavy atom. The van der Waals surface area contributed by atoms with Gasteiger partial charge in [-0.05, 0) is 19.0 Å². The van der Waals surface area contributed by atoms with Crippen LogP contribution in [0.4, 0.5) is 5.69 Å². The van der Waals surface area contributed by atoms with Crippen molar-refractivity contribution in [3.05, 3.63) is 18.3 Å². The average molecular weight is 250 g/mol. The van der Waals surface area contributed by atoms with Crippen molar-refractivity contribution in [1.29, 1.82) is 0 Å². The summed E-state index contributed by atoms with van der Waals surface area (Å²) in [6.45, 7) is 6.73. The molecule has 2 heterocycles. The van der Waals surface area contributed by atoms with Crippen LogP contribution in [0.1, 0.15) is 6.42 Å². The van der Waals surface area contributed by atoms with E-state index in [9.17, 15) is 0 Å². The lowest BCUT2D eigenvalue weighted by Crippen LogP contribution is -2.44. The van der Waals surface area contributed by atoms with E-state index >= 15 is 0 Å². The van der Waals surface area contributed by atoms with Crippen LogP contribution in [0.25, 0.3) is 0 Å². The normalized spacial score (nSPS) is 16.5.